The van der Waals surface area contributed by atoms with E-state index in [1.54, 1.807) is 4.90 Å². The number of pyridine rings is 1. The van der Waals surface area contributed by atoms with Crippen LogP contribution in [-0.4, -0.2) is 67.4 Å². The van der Waals surface area contributed by atoms with E-state index in [2.05, 4.69) is 19.9 Å². The van der Waals surface area contributed by atoms with Gasteiger partial charge in [0.2, 0.25) is 0 Å². The molecule has 0 spiro atoms. The number of nitrogens with two attached hydrogens (primary N) is 1. The zero-order chi connectivity index (χ0) is 34.4. The van der Waals surface area contributed by atoms with Gasteiger partial charge in [0.05, 0.1) is 27.7 Å². The molecule has 10 nitrogen and oxygen atoms in total. The number of fused-ring (bicyclic) bond motifs is 4. The predicted molar refractivity (Wildman–Crippen MR) is 164 cm³/mol. The van der Waals surface area contributed by atoms with Crippen LogP contribution in [0.3, 0.4) is 0 Å². The summed E-state index contributed by atoms with van der Waals surface area (Å²) in [5, 5.41) is 9.43. The van der Waals surface area contributed by atoms with E-state index in [0.717, 1.165) is 12.6 Å². The third kappa shape index (κ3) is 5.00. The van der Waals surface area contributed by atoms with Crippen LogP contribution in [0.5, 0.6) is 6.01 Å². The van der Waals surface area contributed by atoms with E-state index in [4.69, 9.17) is 10.5 Å². The smallest absolute Gasteiger partial charge is 0.434 e. The van der Waals surface area contributed by atoms with Crippen molar-refractivity contribution in [2.45, 2.75) is 50.2 Å². The molecule has 0 unspecified atom stereocenters. The van der Waals surface area contributed by atoms with Crippen LogP contribution >= 0.6 is 11.3 Å². The first kappa shape index (κ1) is 31.5. The number of ether oxygens (including phenoxy) is 1. The van der Waals surface area contributed by atoms with E-state index in [0.29, 0.717) is 30.4 Å². The first-order valence-electron chi connectivity index (χ1n) is 15.2. The molecule has 0 radical (unpaired) electrons. The number of hydrogen-bond donors (Lipinski definition) is 1. The molecule has 5 aromatic rings. The summed E-state index contributed by atoms with van der Waals surface area (Å²) in [7, 11) is 0. The summed E-state index contributed by atoms with van der Waals surface area (Å²) in [5.74, 6) is -3.17. The fraction of sp³-hybridized carbons (Fsp3) is 0.387. The lowest BCUT2D eigenvalue weighted by Crippen LogP contribution is -2.43. The lowest BCUT2D eigenvalue weighted by Gasteiger charge is -2.31. The quantitative estimate of drug-likeness (QED) is 0.221. The van der Waals surface area contributed by atoms with Crippen molar-refractivity contribution in [2.24, 2.45) is 0 Å². The lowest BCUT2D eigenvalue weighted by molar-refractivity contribution is -0.141. The van der Waals surface area contributed by atoms with Gasteiger partial charge in [0.1, 0.15) is 58.3 Å². The minimum atomic E-state index is -4.66. The maximum Gasteiger partial charge on any atom is 0.434 e. The zero-order valence-electron chi connectivity index (χ0n) is 25.3. The van der Waals surface area contributed by atoms with Gasteiger partial charge in [-0.05, 0) is 19.4 Å². The molecule has 254 valence electrons. The van der Waals surface area contributed by atoms with Crippen LogP contribution in [0.15, 0.2) is 18.5 Å². The number of imidazole rings is 1. The molecule has 1 aromatic carbocycles. The zero-order valence-corrected chi connectivity index (χ0v) is 26.1. The van der Waals surface area contributed by atoms with Crippen molar-refractivity contribution < 1.29 is 35.5 Å². The Morgan fingerprint density at radius 3 is 2.71 bits per heavy atom. The van der Waals surface area contributed by atoms with Gasteiger partial charge in [-0.1, -0.05) is 0 Å². The van der Waals surface area contributed by atoms with Crippen LogP contribution in [-0.2, 0) is 19.3 Å². The topological polar surface area (TPSA) is 122 Å². The van der Waals surface area contributed by atoms with Gasteiger partial charge < -0.3 is 19.9 Å². The highest BCUT2D eigenvalue weighted by Gasteiger charge is 2.49. The third-order valence-electron chi connectivity index (χ3n) is 9.51. The van der Waals surface area contributed by atoms with Crippen LogP contribution in [0.2, 0.25) is 0 Å². The third-order valence-corrected chi connectivity index (χ3v) is 10.5. The lowest BCUT2D eigenvalue weighted by atomic mass is 9.95. The molecule has 2 atom stereocenters. The Bertz CT molecular complexity index is 2210. The van der Waals surface area contributed by atoms with E-state index in [-0.39, 0.29) is 88.4 Å². The van der Waals surface area contributed by atoms with E-state index >= 15 is 8.78 Å². The number of alkyl halides is 4. The predicted octanol–water partition coefficient (Wildman–Crippen LogP) is 5.97. The van der Waals surface area contributed by atoms with Gasteiger partial charge in [-0.3, -0.25) is 9.88 Å². The molecule has 0 aliphatic carbocycles. The van der Waals surface area contributed by atoms with Crippen molar-refractivity contribution in [2.75, 3.05) is 36.9 Å². The minimum Gasteiger partial charge on any atom is -0.461 e. The second-order valence-electron chi connectivity index (χ2n) is 12.4. The Labute approximate surface area is 276 Å². The van der Waals surface area contributed by atoms with Crippen molar-refractivity contribution in [3.63, 3.8) is 0 Å². The Kier molecular flexibility index (Phi) is 7.16. The van der Waals surface area contributed by atoms with Gasteiger partial charge in [-0.25, -0.2) is 22.5 Å². The van der Waals surface area contributed by atoms with E-state index < -0.39 is 52.3 Å². The molecule has 0 amide bonds. The number of aromatic nitrogens is 5. The molecule has 2 fully saturated rings. The highest BCUT2D eigenvalue weighted by molar-refractivity contribution is 7.23. The fourth-order valence-corrected chi connectivity index (χ4v) is 8.22. The monoisotopic (exact) mass is 703 g/mol. The molecule has 4 aromatic heterocycles. The van der Waals surface area contributed by atoms with E-state index in [1.807, 2.05) is 11.0 Å². The van der Waals surface area contributed by atoms with Crippen molar-refractivity contribution in [3.05, 3.63) is 53.0 Å². The number of nitrogens with zero attached hydrogens (tertiary/aromatic N) is 8. The molecule has 3 aliphatic rings. The minimum absolute atomic E-state index is 0.00972. The average molecular weight is 704 g/mol. The fourth-order valence-electron chi connectivity index (χ4n) is 7.29. The highest BCUT2D eigenvalue weighted by Crippen LogP contribution is 2.44. The molecule has 18 heteroatoms. The number of benzene rings is 1. The summed E-state index contributed by atoms with van der Waals surface area (Å²) in [4.78, 5) is 20.4. The molecule has 2 N–H and O–H groups in total. The molecule has 3 aliphatic heterocycles. The van der Waals surface area contributed by atoms with Crippen LogP contribution < -0.4 is 15.4 Å². The Morgan fingerprint density at radius 2 is 1.94 bits per heavy atom. The molecule has 0 bridgehead atoms. The van der Waals surface area contributed by atoms with Crippen LogP contribution in [0.1, 0.15) is 36.3 Å². The largest absolute Gasteiger partial charge is 0.461 e. The summed E-state index contributed by atoms with van der Waals surface area (Å²) < 4.78 is 109. The highest BCUT2D eigenvalue weighted by atomic mass is 32.1. The molecular formula is C31H24F7N9OS. The van der Waals surface area contributed by atoms with Gasteiger partial charge in [0, 0.05) is 55.5 Å². The van der Waals surface area contributed by atoms with Gasteiger partial charge in [-0.15, -0.1) is 11.3 Å². The maximum absolute atomic E-state index is 16.7. The maximum atomic E-state index is 16.7. The Morgan fingerprint density at radius 1 is 1.12 bits per heavy atom. The summed E-state index contributed by atoms with van der Waals surface area (Å²) in [6, 6.07) is 2.08. The van der Waals surface area contributed by atoms with Crippen LogP contribution in [0.4, 0.5) is 41.6 Å². The molecule has 49 heavy (non-hydrogen) atoms. The van der Waals surface area contributed by atoms with Gasteiger partial charge in [0.25, 0.3) is 0 Å². The molecular weight excluding hydrogens is 679 g/mol. The van der Waals surface area contributed by atoms with Gasteiger partial charge in [-0.2, -0.15) is 28.4 Å². The summed E-state index contributed by atoms with van der Waals surface area (Å²) >= 11 is 0.706. The normalized spacial score (nSPS) is 21.0. The summed E-state index contributed by atoms with van der Waals surface area (Å²) in [5.41, 5.74) is 2.56. The second kappa shape index (κ2) is 11.1. The number of halogens is 7. The number of nitriles is 1. The van der Waals surface area contributed by atoms with E-state index in [1.165, 1.54) is 10.8 Å². The van der Waals surface area contributed by atoms with Crippen molar-refractivity contribution in [3.8, 4) is 23.3 Å². The second-order valence-corrected chi connectivity index (χ2v) is 13.5. The Balaban J connectivity index is 1.27. The van der Waals surface area contributed by atoms with E-state index in [9.17, 15) is 27.2 Å². The molecule has 7 heterocycles. The number of rotatable bonds is 5. The van der Waals surface area contributed by atoms with Gasteiger partial charge >= 0.3 is 12.2 Å². The molecule has 8 rings (SSSR count). The van der Waals surface area contributed by atoms with Crippen LogP contribution in [0, 0.1) is 28.8 Å². The standard InChI is InChI=1S/C31H24F7N9OS/c32-14-7-30(2-1-3-47(30)10-14)13-48-29-43-24-16(28(44-29)46-5-4-45-11-19(31(36,37)38)42-20(45)12-46)9-41-25(23(24)35)22-17(33)6-18(34)26-21(22)15(8-39)27(40)49-26/h6,9,11,14H,1-5,7,10,12-13,40H2/t14-,30+/m0/s1. The van der Waals surface area contributed by atoms with Crippen LogP contribution in [0.25, 0.3) is 32.2 Å². The number of nitrogen functional groups attached to an aromatic ring is 1. The number of anilines is 2. The summed E-state index contributed by atoms with van der Waals surface area (Å²) in [6.45, 7) is 1.03. The van der Waals surface area contributed by atoms with Crippen molar-refractivity contribution in [1.82, 2.24) is 29.4 Å². The van der Waals surface area contributed by atoms with Gasteiger partial charge in [0.15, 0.2) is 11.5 Å². The number of hydrogen-bond acceptors (Lipinski definition) is 10. The van der Waals surface area contributed by atoms with Crippen molar-refractivity contribution in [1.29, 1.82) is 5.26 Å². The van der Waals surface area contributed by atoms with Crippen molar-refractivity contribution >= 4 is 43.1 Å². The summed E-state index contributed by atoms with van der Waals surface area (Å²) in [6.07, 6.45) is -1.88. The average Bonchev–Trinajstić information content (AvgIpc) is 3.81. The first-order chi connectivity index (χ1) is 23.4. The Hall–Kier alpha value is -4.76. The molecule has 2 saturated heterocycles. The first-order valence-corrected chi connectivity index (χ1v) is 16.1. The number of thiophene rings is 1. The molecule has 0 saturated carbocycles. The SMILES string of the molecule is N#Cc1c(N)sc2c(F)cc(F)c(-c3ncc4c(N5CCn6cc(C(F)(F)F)nc6C5)nc(OC[C@]56CCCN5C[C@@H](F)C6)nc4c3F)c12.